The van der Waals surface area contributed by atoms with E-state index in [2.05, 4.69) is 5.32 Å². The maximum absolute atomic E-state index is 12.1. The number of nitrogens with one attached hydrogen (secondary N) is 1. The van der Waals surface area contributed by atoms with E-state index in [0.717, 1.165) is 5.56 Å². The molecule has 92 valence electrons. The van der Waals surface area contributed by atoms with Crippen molar-refractivity contribution < 1.29 is 4.79 Å². The number of aryl methyl sites for hydroxylation is 1. The largest absolute Gasteiger partial charge is 0.399 e. The standard InChI is InChI=1S/C14H15N3O/c1-9-7-11(16)5-6-13(9)14(18)17-12-4-2-3-10(15)8-12/h2-8H,15-16H2,1H3,(H,17,18). The number of nitrogens with two attached hydrogens (primary N) is 2. The Labute approximate surface area is 106 Å². The third-order valence-corrected chi connectivity index (χ3v) is 2.64. The summed E-state index contributed by atoms with van der Waals surface area (Å²) in [6.45, 7) is 1.85. The lowest BCUT2D eigenvalue weighted by atomic mass is 10.1. The first-order valence-corrected chi connectivity index (χ1v) is 5.59. The molecule has 0 aliphatic rings. The van der Waals surface area contributed by atoms with E-state index < -0.39 is 0 Å². The highest BCUT2D eigenvalue weighted by molar-refractivity contribution is 6.05. The second kappa shape index (κ2) is 4.79. The van der Waals surface area contributed by atoms with Crippen LogP contribution in [0.25, 0.3) is 0 Å². The SMILES string of the molecule is Cc1cc(N)ccc1C(=O)Nc1cccc(N)c1. The molecule has 1 amide bonds. The molecule has 5 N–H and O–H groups in total. The van der Waals surface area contributed by atoms with Crippen LogP contribution in [0.5, 0.6) is 0 Å². The molecule has 0 bridgehead atoms. The summed E-state index contributed by atoms with van der Waals surface area (Å²) in [7, 11) is 0. The van der Waals surface area contributed by atoms with Crippen LogP contribution in [0, 0.1) is 6.92 Å². The van der Waals surface area contributed by atoms with Crippen LogP contribution < -0.4 is 16.8 Å². The lowest BCUT2D eigenvalue weighted by Gasteiger charge is -2.08. The minimum atomic E-state index is -0.168. The topological polar surface area (TPSA) is 81.1 Å². The molecule has 0 fully saturated rings. The lowest BCUT2D eigenvalue weighted by molar-refractivity contribution is 0.102. The number of benzene rings is 2. The molecule has 2 aromatic rings. The summed E-state index contributed by atoms with van der Waals surface area (Å²) >= 11 is 0. The van der Waals surface area contributed by atoms with Gasteiger partial charge in [0.15, 0.2) is 0 Å². The Morgan fingerprint density at radius 1 is 1.06 bits per heavy atom. The predicted molar refractivity (Wildman–Crippen MR) is 74.4 cm³/mol. The van der Waals surface area contributed by atoms with Gasteiger partial charge in [0.2, 0.25) is 0 Å². The van der Waals surface area contributed by atoms with Crippen LogP contribution >= 0.6 is 0 Å². The Morgan fingerprint density at radius 2 is 1.78 bits per heavy atom. The number of rotatable bonds is 2. The van der Waals surface area contributed by atoms with Gasteiger partial charge in [-0.05, 0) is 48.9 Å². The summed E-state index contributed by atoms with van der Waals surface area (Å²) in [6.07, 6.45) is 0. The second-order valence-electron chi connectivity index (χ2n) is 4.15. The van der Waals surface area contributed by atoms with E-state index in [0.29, 0.717) is 22.6 Å². The third kappa shape index (κ3) is 2.60. The van der Waals surface area contributed by atoms with Crippen LogP contribution in [0.4, 0.5) is 17.1 Å². The van der Waals surface area contributed by atoms with Gasteiger partial charge in [-0.3, -0.25) is 4.79 Å². The summed E-state index contributed by atoms with van der Waals surface area (Å²) in [6, 6.07) is 12.3. The van der Waals surface area contributed by atoms with Crippen molar-refractivity contribution in [2.24, 2.45) is 0 Å². The summed E-state index contributed by atoms with van der Waals surface area (Å²) in [5.74, 6) is -0.168. The predicted octanol–water partition coefficient (Wildman–Crippen LogP) is 2.41. The van der Waals surface area contributed by atoms with Crippen molar-refractivity contribution in [1.29, 1.82) is 0 Å². The first-order valence-electron chi connectivity index (χ1n) is 5.59. The van der Waals surface area contributed by atoms with E-state index in [4.69, 9.17) is 11.5 Å². The molecule has 0 saturated heterocycles. The molecule has 0 radical (unpaired) electrons. The van der Waals surface area contributed by atoms with E-state index in [9.17, 15) is 4.79 Å². The molecule has 0 aliphatic carbocycles. The molecular weight excluding hydrogens is 226 g/mol. The molecule has 0 aliphatic heterocycles. The summed E-state index contributed by atoms with van der Waals surface area (Å²) in [5, 5.41) is 2.80. The van der Waals surface area contributed by atoms with E-state index in [-0.39, 0.29) is 5.91 Å². The monoisotopic (exact) mass is 241 g/mol. The maximum atomic E-state index is 12.1. The van der Waals surface area contributed by atoms with Gasteiger partial charge in [-0.2, -0.15) is 0 Å². The lowest BCUT2D eigenvalue weighted by Crippen LogP contribution is -2.13. The van der Waals surface area contributed by atoms with Crippen LogP contribution in [0.15, 0.2) is 42.5 Å². The average molecular weight is 241 g/mol. The fourth-order valence-electron chi connectivity index (χ4n) is 1.76. The van der Waals surface area contributed by atoms with Crippen LogP contribution in [-0.2, 0) is 0 Å². The molecule has 18 heavy (non-hydrogen) atoms. The number of hydrogen-bond acceptors (Lipinski definition) is 3. The van der Waals surface area contributed by atoms with Gasteiger partial charge in [-0.15, -0.1) is 0 Å². The molecule has 0 aromatic heterocycles. The molecule has 2 rings (SSSR count). The Kier molecular flexibility index (Phi) is 3.19. The van der Waals surface area contributed by atoms with Crippen molar-refractivity contribution in [2.75, 3.05) is 16.8 Å². The summed E-state index contributed by atoms with van der Waals surface area (Å²) in [4.78, 5) is 12.1. The molecule has 2 aromatic carbocycles. The number of anilines is 3. The number of hydrogen-bond donors (Lipinski definition) is 3. The van der Waals surface area contributed by atoms with Crippen molar-refractivity contribution in [3.8, 4) is 0 Å². The molecule has 0 unspecified atom stereocenters. The number of carbonyl (C=O) groups excluding carboxylic acids is 1. The third-order valence-electron chi connectivity index (χ3n) is 2.64. The van der Waals surface area contributed by atoms with Crippen LogP contribution in [0.2, 0.25) is 0 Å². The van der Waals surface area contributed by atoms with Crippen molar-refractivity contribution in [3.05, 3.63) is 53.6 Å². The van der Waals surface area contributed by atoms with Gasteiger partial charge in [0.05, 0.1) is 0 Å². The number of carbonyl (C=O) groups is 1. The molecule has 4 nitrogen and oxygen atoms in total. The van der Waals surface area contributed by atoms with Crippen LogP contribution in [0.3, 0.4) is 0 Å². The van der Waals surface area contributed by atoms with Gasteiger partial charge < -0.3 is 16.8 Å². The number of nitrogen functional groups attached to an aromatic ring is 2. The van der Waals surface area contributed by atoms with E-state index in [1.807, 2.05) is 6.92 Å². The van der Waals surface area contributed by atoms with E-state index in [1.165, 1.54) is 0 Å². The number of amides is 1. The van der Waals surface area contributed by atoms with E-state index in [1.54, 1.807) is 42.5 Å². The highest BCUT2D eigenvalue weighted by Crippen LogP contribution is 2.16. The van der Waals surface area contributed by atoms with Crippen molar-refractivity contribution in [3.63, 3.8) is 0 Å². The quantitative estimate of drug-likeness (QED) is 0.706. The molecule has 4 heteroatoms. The zero-order chi connectivity index (χ0) is 13.1. The Hall–Kier alpha value is -2.49. The van der Waals surface area contributed by atoms with Crippen LogP contribution in [-0.4, -0.2) is 5.91 Å². The minimum Gasteiger partial charge on any atom is -0.399 e. The van der Waals surface area contributed by atoms with Crippen molar-refractivity contribution in [1.82, 2.24) is 0 Å². The first kappa shape index (κ1) is 12.0. The summed E-state index contributed by atoms with van der Waals surface area (Å²) < 4.78 is 0. The fraction of sp³-hybridized carbons (Fsp3) is 0.0714. The average Bonchev–Trinajstić information content (AvgIpc) is 2.28. The van der Waals surface area contributed by atoms with Gasteiger partial charge in [0.1, 0.15) is 0 Å². The van der Waals surface area contributed by atoms with Gasteiger partial charge in [-0.1, -0.05) is 6.07 Å². The van der Waals surface area contributed by atoms with Gasteiger partial charge >= 0.3 is 0 Å². The zero-order valence-corrected chi connectivity index (χ0v) is 10.1. The Bertz CT molecular complexity index is 593. The van der Waals surface area contributed by atoms with E-state index >= 15 is 0 Å². The molecular formula is C14H15N3O. The highest BCUT2D eigenvalue weighted by Gasteiger charge is 2.09. The molecule has 0 spiro atoms. The van der Waals surface area contributed by atoms with Crippen molar-refractivity contribution >= 4 is 23.0 Å². The zero-order valence-electron chi connectivity index (χ0n) is 10.1. The van der Waals surface area contributed by atoms with Gasteiger partial charge in [0.25, 0.3) is 5.91 Å². The fourth-order valence-corrected chi connectivity index (χ4v) is 1.76. The van der Waals surface area contributed by atoms with Crippen molar-refractivity contribution in [2.45, 2.75) is 6.92 Å². The Morgan fingerprint density at radius 3 is 2.44 bits per heavy atom. The smallest absolute Gasteiger partial charge is 0.255 e. The van der Waals surface area contributed by atoms with Gasteiger partial charge in [-0.25, -0.2) is 0 Å². The Balaban J connectivity index is 2.22. The maximum Gasteiger partial charge on any atom is 0.255 e. The molecule has 0 saturated carbocycles. The highest BCUT2D eigenvalue weighted by atomic mass is 16.1. The molecule has 0 atom stereocenters. The first-order chi connectivity index (χ1) is 8.56. The van der Waals surface area contributed by atoms with Gasteiger partial charge in [0, 0.05) is 22.6 Å². The molecule has 0 heterocycles. The van der Waals surface area contributed by atoms with Crippen LogP contribution in [0.1, 0.15) is 15.9 Å². The normalized spacial score (nSPS) is 10.1. The summed E-state index contributed by atoms with van der Waals surface area (Å²) in [5.41, 5.74) is 14.7. The second-order valence-corrected chi connectivity index (χ2v) is 4.15. The minimum absolute atomic E-state index is 0.168.